The Labute approximate surface area is 148 Å². The number of likely N-dealkylation sites (tertiary alicyclic amines) is 1. The highest BCUT2D eigenvalue weighted by Gasteiger charge is 2.33. The van der Waals surface area contributed by atoms with Crippen molar-refractivity contribution < 1.29 is 13.9 Å². The van der Waals surface area contributed by atoms with Gasteiger partial charge in [0.05, 0.1) is 12.1 Å². The van der Waals surface area contributed by atoms with E-state index in [1.165, 1.54) is 0 Å². The predicted octanol–water partition coefficient (Wildman–Crippen LogP) is 3.82. The highest BCUT2D eigenvalue weighted by molar-refractivity contribution is 5.75. The van der Waals surface area contributed by atoms with Crippen LogP contribution in [0.25, 0.3) is 0 Å². The van der Waals surface area contributed by atoms with Crippen LogP contribution in [0, 0.1) is 0 Å². The second kappa shape index (κ2) is 8.16. The summed E-state index contributed by atoms with van der Waals surface area (Å²) >= 11 is 0. The molecule has 0 aromatic carbocycles. The summed E-state index contributed by atoms with van der Waals surface area (Å²) in [5, 5.41) is 3.15. The van der Waals surface area contributed by atoms with Crippen LogP contribution in [0.2, 0.25) is 0 Å². The average Bonchev–Trinajstić information content (AvgIpc) is 3.29. The number of carbonyl (C=O) groups excluding carboxylic acids is 1. The Balaban J connectivity index is 1.69. The lowest BCUT2D eigenvalue weighted by atomic mass is 10.1. The van der Waals surface area contributed by atoms with Gasteiger partial charge < -0.3 is 19.4 Å². The van der Waals surface area contributed by atoms with Gasteiger partial charge in [-0.05, 0) is 49.1 Å². The van der Waals surface area contributed by atoms with Crippen LogP contribution in [0.3, 0.4) is 0 Å². The van der Waals surface area contributed by atoms with Gasteiger partial charge in [-0.15, -0.1) is 0 Å². The number of methoxy groups -OCH3 is 1. The molecule has 0 spiro atoms. The number of aromatic nitrogens is 1. The van der Waals surface area contributed by atoms with Gasteiger partial charge in [-0.1, -0.05) is 6.92 Å². The first-order valence-corrected chi connectivity index (χ1v) is 8.77. The molecule has 1 fully saturated rings. The first kappa shape index (κ1) is 17.5. The Morgan fingerprint density at radius 1 is 1.40 bits per heavy atom. The largest absolute Gasteiger partial charge is 0.461 e. The Morgan fingerprint density at radius 3 is 2.92 bits per heavy atom. The molecule has 25 heavy (non-hydrogen) atoms. The summed E-state index contributed by atoms with van der Waals surface area (Å²) in [4.78, 5) is 18.8. The van der Waals surface area contributed by atoms with Crippen molar-refractivity contribution in [3.8, 4) is 0 Å². The average molecular weight is 343 g/mol. The number of furan rings is 1. The van der Waals surface area contributed by atoms with Crippen LogP contribution in [0.5, 0.6) is 0 Å². The normalized spacial score (nSPS) is 18.3. The molecule has 3 heterocycles. The molecule has 2 aromatic heterocycles. The molecule has 0 bridgehead atoms. The molecule has 0 radical (unpaired) electrons. The zero-order chi connectivity index (χ0) is 17.6. The van der Waals surface area contributed by atoms with Gasteiger partial charge in [0.25, 0.3) is 0 Å². The maximum atomic E-state index is 12.8. The molecule has 2 aromatic rings. The number of nitrogens with zero attached hydrogens (tertiary/aromatic N) is 2. The van der Waals surface area contributed by atoms with Crippen molar-refractivity contribution in [2.45, 2.75) is 44.9 Å². The lowest BCUT2D eigenvalue weighted by Gasteiger charge is -2.26. The van der Waals surface area contributed by atoms with E-state index in [1.54, 1.807) is 19.5 Å². The highest BCUT2D eigenvalue weighted by Crippen LogP contribution is 2.33. The number of hydrogen-bond acceptors (Lipinski definition) is 4. The fourth-order valence-corrected chi connectivity index (χ4v) is 3.35. The number of rotatable bonds is 6. The molecular formula is C19H25N3O3. The minimum atomic E-state index is -0.0455. The quantitative estimate of drug-likeness (QED) is 0.866. The zero-order valence-electron chi connectivity index (χ0n) is 14.8. The fraction of sp³-hybridized carbons (Fsp3) is 0.474. The van der Waals surface area contributed by atoms with E-state index in [1.807, 2.05) is 29.2 Å². The van der Waals surface area contributed by atoms with E-state index < -0.39 is 0 Å². The smallest absolute Gasteiger partial charge is 0.318 e. The summed E-state index contributed by atoms with van der Waals surface area (Å²) in [6.07, 6.45) is 6.23. The van der Waals surface area contributed by atoms with Crippen LogP contribution in [0.1, 0.15) is 55.4 Å². The maximum absolute atomic E-state index is 12.8. The molecule has 0 saturated carbocycles. The van der Waals surface area contributed by atoms with E-state index in [0.717, 1.165) is 42.9 Å². The standard InChI is InChI=1S/C19H25N3O3/c1-3-16(14-8-10-20-11-9-14)21-19(23)22-12-4-5-17(22)18-7-6-15(25-18)13-24-2/h6-11,16-17H,3-5,12-13H2,1-2H3,(H,21,23)/t16-,17+/m1/s1. The summed E-state index contributed by atoms with van der Waals surface area (Å²) < 4.78 is 11.0. The van der Waals surface area contributed by atoms with Gasteiger partial charge in [0.1, 0.15) is 18.1 Å². The molecular weight excluding hydrogens is 318 g/mol. The molecule has 2 amide bonds. The molecule has 3 rings (SSSR count). The molecule has 2 atom stereocenters. The number of nitrogens with one attached hydrogen (secondary N) is 1. The molecule has 6 nitrogen and oxygen atoms in total. The summed E-state index contributed by atoms with van der Waals surface area (Å²) in [7, 11) is 1.64. The van der Waals surface area contributed by atoms with Gasteiger partial charge in [-0.3, -0.25) is 4.98 Å². The minimum Gasteiger partial charge on any atom is -0.461 e. The lowest BCUT2D eigenvalue weighted by Crippen LogP contribution is -2.41. The van der Waals surface area contributed by atoms with Crippen LogP contribution in [-0.2, 0) is 11.3 Å². The second-order valence-corrected chi connectivity index (χ2v) is 6.28. The van der Waals surface area contributed by atoms with Crippen molar-refractivity contribution >= 4 is 6.03 Å². The van der Waals surface area contributed by atoms with Crippen molar-refractivity contribution in [3.05, 3.63) is 53.7 Å². The first-order valence-electron chi connectivity index (χ1n) is 8.77. The van der Waals surface area contributed by atoms with Gasteiger partial charge in [-0.25, -0.2) is 4.79 Å². The zero-order valence-corrected chi connectivity index (χ0v) is 14.8. The summed E-state index contributed by atoms with van der Waals surface area (Å²) in [6, 6.07) is 7.68. The van der Waals surface area contributed by atoms with E-state index >= 15 is 0 Å². The lowest BCUT2D eigenvalue weighted by molar-refractivity contribution is 0.155. The molecule has 1 aliphatic rings. The van der Waals surface area contributed by atoms with Gasteiger partial charge in [-0.2, -0.15) is 0 Å². The van der Waals surface area contributed by atoms with Crippen molar-refractivity contribution in [2.75, 3.05) is 13.7 Å². The third kappa shape index (κ3) is 4.02. The number of hydrogen-bond donors (Lipinski definition) is 1. The molecule has 1 saturated heterocycles. The Morgan fingerprint density at radius 2 is 2.20 bits per heavy atom. The SMILES string of the molecule is CC[C@@H](NC(=O)N1CCC[C@H]1c1ccc(COC)o1)c1ccncc1. The van der Waals surface area contributed by atoms with Gasteiger partial charge in [0.2, 0.25) is 0 Å². The topological polar surface area (TPSA) is 67.6 Å². The number of carbonyl (C=O) groups is 1. The third-order valence-electron chi connectivity index (χ3n) is 4.63. The van der Waals surface area contributed by atoms with E-state index in [4.69, 9.17) is 9.15 Å². The first-order chi connectivity index (χ1) is 12.2. The Bertz CT molecular complexity index is 686. The molecule has 6 heteroatoms. The van der Waals surface area contributed by atoms with Crippen molar-refractivity contribution in [1.29, 1.82) is 0 Å². The van der Waals surface area contributed by atoms with Gasteiger partial charge in [0.15, 0.2) is 0 Å². The van der Waals surface area contributed by atoms with E-state index in [-0.39, 0.29) is 18.1 Å². The summed E-state index contributed by atoms with van der Waals surface area (Å²) in [6.45, 7) is 3.25. The van der Waals surface area contributed by atoms with Crippen LogP contribution >= 0.6 is 0 Å². The van der Waals surface area contributed by atoms with Crippen molar-refractivity contribution in [1.82, 2.24) is 15.2 Å². The van der Waals surface area contributed by atoms with Gasteiger partial charge >= 0.3 is 6.03 Å². The summed E-state index contributed by atoms with van der Waals surface area (Å²) in [5.74, 6) is 1.62. The molecule has 0 unspecified atom stereocenters. The Kier molecular flexibility index (Phi) is 5.71. The predicted molar refractivity (Wildman–Crippen MR) is 93.9 cm³/mol. The Hall–Kier alpha value is -2.34. The van der Waals surface area contributed by atoms with E-state index in [0.29, 0.717) is 6.61 Å². The summed E-state index contributed by atoms with van der Waals surface area (Å²) in [5.41, 5.74) is 1.07. The van der Waals surface area contributed by atoms with E-state index in [9.17, 15) is 4.79 Å². The van der Waals surface area contributed by atoms with E-state index in [2.05, 4.69) is 17.2 Å². The van der Waals surface area contributed by atoms with Crippen LogP contribution in [0.15, 0.2) is 41.1 Å². The molecule has 1 N–H and O–H groups in total. The maximum Gasteiger partial charge on any atom is 0.318 e. The molecule has 1 aliphatic heterocycles. The molecule has 0 aliphatic carbocycles. The minimum absolute atomic E-state index is 0.0134. The highest BCUT2D eigenvalue weighted by atomic mass is 16.5. The number of amides is 2. The van der Waals surface area contributed by atoms with Crippen molar-refractivity contribution in [2.24, 2.45) is 0 Å². The number of urea groups is 1. The van der Waals surface area contributed by atoms with Crippen molar-refractivity contribution in [3.63, 3.8) is 0 Å². The number of pyridine rings is 1. The van der Waals surface area contributed by atoms with Crippen LogP contribution < -0.4 is 5.32 Å². The number of ether oxygens (including phenoxy) is 1. The molecule has 134 valence electrons. The van der Waals surface area contributed by atoms with Crippen LogP contribution in [-0.4, -0.2) is 29.6 Å². The van der Waals surface area contributed by atoms with Gasteiger partial charge in [0, 0.05) is 26.0 Å². The fourth-order valence-electron chi connectivity index (χ4n) is 3.35. The van der Waals surface area contributed by atoms with Crippen LogP contribution in [0.4, 0.5) is 4.79 Å². The monoisotopic (exact) mass is 343 g/mol. The second-order valence-electron chi connectivity index (χ2n) is 6.28. The third-order valence-corrected chi connectivity index (χ3v) is 4.63.